The molecule has 0 bridgehead atoms. The van der Waals surface area contributed by atoms with E-state index in [1.807, 2.05) is 57.3 Å². The molecule has 1 heterocycles. The maximum Gasteiger partial charge on any atom is 0.246 e. The monoisotopic (exact) mass is 425 g/mol. The predicted octanol–water partition coefficient (Wildman–Crippen LogP) is 4.10. The minimum absolute atomic E-state index is 0. The van der Waals surface area contributed by atoms with E-state index >= 15 is 0 Å². The average Bonchev–Trinajstić information content (AvgIpc) is 3.10. The zero-order valence-corrected chi connectivity index (χ0v) is 18.3. The van der Waals surface area contributed by atoms with Crippen LogP contribution in [0.1, 0.15) is 34.1 Å². The molecule has 3 rings (SSSR count). The van der Waals surface area contributed by atoms with Crippen molar-refractivity contribution in [1.82, 2.24) is 4.98 Å². The molecule has 1 aliphatic carbocycles. The SMILES string of the molecule is CCOc1ccc(-c2csc(NC(=O)C3(N)CC(OCC)C3(C)C)n2)cc1.Cl. The molecule has 28 heavy (non-hydrogen) atoms. The highest BCUT2D eigenvalue weighted by Crippen LogP contribution is 2.50. The largest absolute Gasteiger partial charge is 0.494 e. The number of anilines is 1. The Labute approximate surface area is 176 Å². The number of aromatic nitrogens is 1. The van der Waals surface area contributed by atoms with Gasteiger partial charge in [-0.2, -0.15) is 0 Å². The number of thiazole rings is 1. The van der Waals surface area contributed by atoms with Crippen LogP contribution in [0.5, 0.6) is 5.75 Å². The summed E-state index contributed by atoms with van der Waals surface area (Å²) < 4.78 is 11.2. The fraction of sp³-hybridized carbons (Fsp3) is 0.500. The van der Waals surface area contributed by atoms with E-state index < -0.39 is 11.0 Å². The zero-order chi connectivity index (χ0) is 19.7. The van der Waals surface area contributed by atoms with Gasteiger partial charge in [0.25, 0.3) is 0 Å². The molecule has 1 aliphatic rings. The summed E-state index contributed by atoms with van der Waals surface area (Å²) in [6.07, 6.45) is 0.505. The van der Waals surface area contributed by atoms with Crippen molar-refractivity contribution < 1.29 is 14.3 Å². The highest BCUT2D eigenvalue weighted by atomic mass is 35.5. The second kappa shape index (κ2) is 8.78. The lowest BCUT2D eigenvalue weighted by Crippen LogP contribution is -2.74. The summed E-state index contributed by atoms with van der Waals surface area (Å²) >= 11 is 1.39. The molecule has 6 nitrogen and oxygen atoms in total. The van der Waals surface area contributed by atoms with Gasteiger partial charge in [-0.3, -0.25) is 4.79 Å². The lowest BCUT2D eigenvalue weighted by molar-refractivity contribution is -0.166. The Morgan fingerprint density at radius 1 is 1.29 bits per heavy atom. The number of hydrogen-bond donors (Lipinski definition) is 2. The van der Waals surface area contributed by atoms with Crippen LogP contribution in [0.3, 0.4) is 0 Å². The molecule has 1 aromatic heterocycles. The summed E-state index contributed by atoms with van der Waals surface area (Å²) in [7, 11) is 0. The minimum atomic E-state index is -0.961. The van der Waals surface area contributed by atoms with Crippen LogP contribution in [0, 0.1) is 5.41 Å². The summed E-state index contributed by atoms with van der Waals surface area (Å²) in [6, 6.07) is 7.74. The van der Waals surface area contributed by atoms with Crippen LogP contribution in [-0.4, -0.2) is 35.7 Å². The van der Waals surface area contributed by atoms with Gasteiger partial charge in [-0.05, 0) is 38.1 Å². The highest BCUT2D eigenvalue weighted by molar-refractivity contribution is 7.14. The van der Waals surface area contributed by atoms with E-state index in [0.29, 0.717) is 24.8 Å². The van der Waals surface area contributed by atoms with Crippen LogP contribution in [-0.2, 0) is 9.53 Å². The molecule has 1 saturated carbocycles. The summed E-state index contributed by atoms with van der Waals surface area (Å²) in [5, 5.41) is 5.35. The lowest BCUT2D eigenvalue weighted by Gasteiger charge is -2.57. The van der Waals surface area contributed by atoms with Gasteiger partial charge < -0.3 is 20.5 Å². The van der Waals surface area contributed by atoms with E-state index in [1.165, 1.54) is 11.3 Å². The number of nitrogens with one attached hydrogen (secondary N) is 1. The second-order valence-corrected chi connectivity index (χ2v) is 8.15. The number of carbonyl (C=O) groups excluding carboxylic acids is 1. The number of ether oxygens (including phenoxy) is 2. The standard InChI is InChI=1S/C20H27N3O3S.ClH/c1-5-25-14-9-7-13(8-10-14)15-12-27-18(22-15)23-17(24)20(21)11-16(26-6-2)19(20,3)4;/h7-10,12,16H,5-6,11,21H2,1-4H3,(H,22,23,24);1H. The van der Waals surface area contributed by atoms with Crippen molar-refractivity contribution in [1.29, 1.82) is 0 Å². The Morgan fingerprint density at radius 2 is 1.96 bits per heavy atom. The fourth-order valence-electron chi connectivity index (χ4n) is 3.38. The molecule has 2 unspecified atom stereocenters. The molecular weight excluding hydrogens is 398 g/mol. The van der Waals surface area contributed by atoms with Crippen molar-refractivity contribution in [3.05, 3.63) is 29.6 Å². The van der Waals surface area contributed by atoms with E-state index in [4.69, 9.17) is 15.2 Å². The van der Waals surface area contributed by atoms with Crippen LogP contribution in [0.15, 0.2) is 29.6 Å². The Morgan fingerprint density at radius 3 is 2.54 bits per heavy atom. The van der Waals surface area contributed by atoms with Crippen molar-refractivity contribution in [2.75, 3.05) is 18.5 Å². The Hall–Kier alpha value is -1.67. The molecule has 0 saturated heterocycles. The van der Waals surface area contributed by atoms with Crippen LogP contribution in [0.2, 0.25) is 0 Å². The summed E-state index contributed by atoms with van der Waals surface area (Å²) in [6.45, 7) is 9.10. The quantitative estimate of drug-likeness (QED) is 0.697. The number of rotatable bonds is 7. The van der Waals surface area contributed by atoms with Crippen LogP contribution in [0.25, 0.3) is 11.3 Å². The molecule has 0 spiro atoms. The van der Waals surface area contributed by atoms with Gasteiger partial charge in [0.15, 0.2) is 5.13 Å². The third kappa shape index (κ3) is 4.03. The van der Waals surface area contributed by atoms with Gasteiger partial charge in [0.2, 0.25) is 5.91 Å². The maximum atomic E-state index is 12.8. The minimum Gasteiger partial charge on any atom is -0.494 e. The van der Waals surface area contributed by atoms with Crippen molar-refractivity contribution in [2.24, 2.45) is 11.1 Å². The van der Waals surface area contributed by atoms with Gasteiger partial charge in [0, 0.05) is 29.4 Å². The number of carbonyl (C=O) groups is 1. The Bertz CT molecular complexity index is 809. The average molecular weight is 426 g/mol. The first-order valence-corrected chi connectivity index (χ1v) is 10.1. The predicted molar refractivity (Wildman–Crippen MR) is 115 cm³/mol. The molecule has 8 heteroatoms. The summed E-state index contributed by atoms with van der Waals surface area (Å²) in [5.74, 6) is 0.613. The smallest absolute Gasteiger partial charge is 0.246 e. The van der Waals surface area contributed by atoms with Crippen molar-refractivity contribution >= 4 is 34.8 Å². The van der Waals surface area contributed by atoms with Crippen LogP contribution >= 0.6 is 23.7 Å². The first-order chi connectivity index (χ1) is 12.8. The normalized spacial score (nSPS) is 22.7. The van der Waals surface area contributed by atoms with Gasteiger partial charge in [-0.1, -0.05) is 13.8 Å². The van der Waals surface area contributed by atoms with Crippen LogP contribution < -0.4 is 15.8 Å². The lowest BCUT2D eigenvalue weighted by atomic mass is 9.54. The van der Waals surface area contributed by atoms with Crippen LogP contribution in [0.4, 0.5) is 5.13 Å². The van der Waals surface area contributed by atoms with E-state index in [-0.39, 0.29) is 24.4 Å². The van der Waals surface area contributed by atoms with Crippen molar-refractivity contribution in [3.63, 3.8) is 0 Å². The first-order valence-electron chi connectivity index (χ1n) is 9.22. The van der Waals surface area contributed by atoms with Gasteiger partial charge >= 0.3 is 0 Å². The van der Waals surface area contributed by atoms with Gasteiger partial charge in [0.1, 0.15) is 11.3 Å². The highest BCUT2D eigenvalue weighted by Gasteiger charge is 2.63. The first kappa shape index (κ1) is 22.6. The van der Waals surface area contributed by atoms with E-state index in [9.17, 15) is 4.79 Å². The summed E-state index contributed by atoms with van der Waals surface area (Å²) in [4.78, 5) is 17.3. The third-order valence-corrected chi connectivity index (χ3v) is 6.18. The zero-order valence-electron chi connectivity index (χ0n) is 16.7. The molecule has 154 valence electrons. The number of halogens is 1. The molecule has 2 atom stereocenters. The number of benzene rings is 1. The molecule has 2 aromatic rings. The van der Waals surface area contributed by atoms with E-state index in [0.717, 1.165) is 17.0 Å². The number of nitrogens with zero attached hydrogens (tertiary/aromatic N) is 1. The number of nitrogens with two attached hydrogens (primary N) is 1. The molecule has 3 N–H and O–H groups in total. The Kier molecular flexibility index (Phi) is 7.09. The maximum absolute atomic E-state index is 12.8. The van der Waals surface area contributed by atoms with Gasteiger partial charge in [-0.25, -0.2) is 4.98 Å². The van der Waals surface area contributed by atoms with E-state index in [1.54, 1.807) is 0 Å². The van der Waals surface area contributed by atoms with Crippen molar-refractivity contribution in [3.8, 4) is 17.0 Å². The molecule has 1 amide bonds. The number of amides is 1. The molecule has 0 radical (unpaired) electrons. The molecule has 0 aliphatic heterocycles. The molecular formula is C20H28ClN3O3S. The molecule has 1 aromatic carbocycles. The van der Waals surface area contributed by atoms with Gasteiger partial charge in [-0.15, -0.1) is 23.7 Å². The number of hydrogen-bond acceptors (Lipinski definition) is 6. The second-order valence-electron chi connectivity index (χ2n) is 7.29. The fourth-order valence-corrected chi connectivity index (χ4v) is 4.10. The third-order valence-electron chi connectivity index (χ3n) is 5.42. The summed E-state index contributed by atoms with van der Waals surface area (Å²) in [5.41, 5.74) is 6.82. The molecule has 1 fully saturated rings. The Balaban J connectivity index is 0.00000280. The van der Waals surface area contributed by atoms with Gasteiger partial charge in [0.05, 0.1) is 18.4 Å². The van der Waals surface area contributed by atoms with E-state index in [2.05, 4.69) is 10.3 Å². The topological polar surface area (TPSA) is 86.5 Å². The van der Waals surface area contributed by atoms with Crippen molar-refractivity contribution in [2.45, 2.75) is 45.8 Å².